The smallest absolute Gasteiger partial charge is 0.347 e. The van der Waals surface area contributed by atoms with Crippen molar-refractivity contribution in [3.8, 4) is 0 Å². The van der Waals surface area contributed by atoms with Crippen LogP contribution in [-0.4, -0.2) is 50.8 Å². The third-order valence-electron chi connectivity index (χ3n) is 1.84. The number of rotatable bonds is 1. The number of hydrogen-bond donors (Lipinski definition) is 4. The highest BCUT2D eigenvalue weighted by molar-refractivity contribution is 5.73. The van der Waals surface area contributed by atoms with Crippen molar-refractivity contribution in [1.29, 1.82) is 0 Å². The molecule has 0 saturated carbocycles. The molecule has 0 aromatic heterocycles. The standard InChI is InChI=1S/C7H10O6/c1-2-3(8)4(9)5(10)6(13-2)7(11)12/h3-6,8-10H,1H2,(H,11,12). The first kappa shape index (κ1) is 9.97. The summed E-state index contributed by atoms with van der Waals surface area (Å²) in [5.41, 5.74) is 0. The van der Waals surface area contributed by atoms with Gasteiger partial charge in [0.1, 0.15) is 24.1 Å². The van der Waals surface area contributed by atoms with Crippen LogP contribution in [0.2, 0.25) is 0 Å². The summed E-state index contributed by atoms with van der Waals surface area (Å²) in [6.45, 7) is 3.21. The molecule has 74 valence electrons. The zero-order valence-electron chi connectivity index (χ0n) is 6.62. The van der Waals surface area contributed by atoms with Crippen molar-refractivity contribution < 1.29 is 30.0 Å². The average molecular weight is 190 g/mol. The Balaban J connectivity index is 2.82. The highest BCUT2D eigenvalue weighted by Gasteiger charge is 2.44. The van der Waals surface area contributed by atoms with Crippen molar-refractivity contribution in [1.82, 2.24) is 0 Å². The number of hydrogen-bond acceptors (Lipinski definition) is 5. The van der Waals surface area contributed by atoms with Gasteiger partial charge in [-0.2, -0.15) is 0 Å². The van der Waals surface area contributed by atoms with Crippen molar-refractivity contribution >= 4 is 5.97 Å². The summed E-state index contributed by atoms with van der Waals surface area (Å²) in [6, 6.07) is 0. The minimum absolute atomic E-state index is 0.259. The van der Waals surface area contributed by atoms with E-state index in [2.05, 4.69) is 11.3 Å². The van der Waals surface area contributed by atoms with Crippen LogP contribution in [0.25, 0.3) is 0 Å². The van der Waals surface area contributed by atoms with Gasteiger partial charge in [0.05, 0.1) is 0 Å². The number of ether oxygens (including phenoxy) is 1. The first-order valence-corrected chi connectivity index (χ1v) is 3.57. The zero-order valence-corrected chi connectivity index (χ0v) is 6.62. The first-order chi connectivity index (χ1) is 5.95. The molecule has 6 heteroatoms. The van der Waals surface area contributed by atoms with Gasteiger partial charge < -0.3 is 25.2 Å². The Bertz CT molecular complexity index is 237. The molecule has 0 aromatic rings. The summed E-state index contributed by atoms with van der Waals surface area (Å²) in [4.78, 5) is 10.4. The van der Waals surface area contributed by atoms with Gasteiger partial charge >= 0.3 is 5.97 Å². The Morgan fingerprint density at radius 2 is 1.85 bits per heavy atom. The van der Waals surface area contributed by atoms with E-state index in [1.807, 2.05) is 0 Å². The lowest BCUT2D eigenvalue weighted by Gasteiger charge is -2.34. The van der Waals surface area contributed by atoms with Crippen molar-refractivity contribution in [2.45, 2.75) is 24.4 Å². The van der Waals surface area contributed by atoms with Gasteiger partial charge in [0.15, 0.2) is 0 Å². The quantitative estimate of drug-likeness (QED) is 0.383. The molecule has 4 atom stereocenters. The van der Waals surface area contributed by atoms with Crippen molar-refractivity contribution in [2.75, 3.05) is 0 Å². The SMILES string of the molecule is C=C1OC(C(=O)O)C(O)C(O)C1O. The second-order valence-electron chi connectivity index (χ2n) is 2.77. The summed E-state index contributed by atoms with van der Waals surface area (Å²) in [5.74, 6) is -1.68. The maximum atomic E-state index is 10.4. The van der Waals surface area contributed by atoms with Gasteiger partial charge in [0.2, 0.25) is 6.10 Å². The van der Waals surface area contributed by atoms with Crippen LogP contribution in [-0.2, 0) is 9.53 Å². The predicted octanol–water partition coefficient (Wildman–Crippen LogP) is -1.93. The fraction of sp³-hybridized carbons (Fsp3) is 0.571. The van der Waals surface area contributed by atoms with Gasteiger partial charge in [-0.05, 0) is 0 Å². The summed E-state index contributed by atoms with van der Waals surface area (Å²) in [7, 11) is 0. The Labute approximate surface area is 73.7 Å². The molecule has 0 spiro atoms. The van der Waals surface area contributed by atoms with Crippen molar-refractivity contribution in [3.63, 3.8) is 0 Å². The lowest BCUT2D eigenvalue weighted by molar-refractivity contribution is -0.182. The molecule has 6 nitrogen and oxygen atoms in total. The number of carbonyl (C=O) groups is 1. The fourth-order valence-corrected chi connectivity index (χ4v) is 1.06. The van der Waals surface area contributed by atoms with E-state index >= 15 is 0 Å². The van der Waals surface area contributed by atoms with Gasteiger partial charge in [-0.25, -0.2) is 4.79 Å². The van der Waals surface area contributed by atoms with Gasteiger partial charge in [-0.3, -0.25) is 0 Å². The van der Waals surface area contributed by atoms with Crippen LogP contribution in [0.4, 0.5) is 0 Å². The zero-order chi connectivity index (χ0) is 10.2. The largest absolute Gasteiger partial charge is 0.478 e. The Morgan fingerprint density at radius 3 is 2.31 bits per heavy atom. The minimum atomic E-state index is -1.65. The lowest BCUT2D eigenvalue weighted by atomic mass is 9.98. The van der Waals surface area contributed by atoms with Gasteiger partial charge in [0, 0.05) is 0 Å². The van der Waals surface area contributed by atoms with Crippen LogP contribution in [0.15, 0.2) is 12.3 Å². The van der Waals surface area contributed by atoms with Crippen LogP contribution in [0.5, 0.6) is 0 Å². The molecular weight excluding hydrogens is 180 g/mol. The molecule has 1 aliphatic rings. The molecular formula is C7H10O6. The third kappa shape index (κ3) is 1.64. The lowest BCUT2D eigenvalue weighted by Crippen LogP contribution is -2.54. The summed E-state index contributed by atoms with van der Waals surface area (Å²) >= 11 is 0. The average Bonchev–Trinajstić information content (AvgIpc) is 2.07. The van der Waals surface area contributed by atoms with Gasteiger partial charge in [-0.1, -0.05) is 6.58 Å². The predicted molar refractivity (Wildman–Crippen MR) is 39.7 cm³/mol. The monoisotopic (exact) mass is 190 g/mol. The van der Waals surface area contributed by atoms with Crippen LogP contribution >= 0.6 is 0 Å². The summed E-state index contributed by atoms with van der Waals surface area (Å²) in [6.07, 6.45) is -6.27. The molecule has 0 amide bonds. The Kier molecular flexibility index (Phi) is 2.55. The fourth-order valence-electron chi connectivity index (χ4n) is 1.06. The van der Waals surface area contributed by atoms with E-state index in [1.165, 1.54) is 0 Å². The second kappa shape index (κ2) is 3.33. The van der Waals surface area contributed by atoms with Crippen molar-refractivity contribution in [2.24, 2.45) is 0 Å². The van der Waals surface area contributed by atoms with E-state index in [-0.39, 0.29) is 5.76 Å². The van der Waals surface area contributed by atoms with E-state index in [0.29, 0.717) is 0 Å². The number of aliphatic hydroxyl groups is 3. The molecule has 1 fully saturated rings. The molecule has 0 aliphatic carbocycles. The van der Waals surface area contributed by atoms with E-state index in [0.717, 1.165) is 0 Å². The maximum absolute atomic E-state index is 10.4. The number of carboxylic acid groups (broad SMARTS) is 1. The molecule has 4 N–H and O–H groups in total. The van der Waals surface area contributed by atoms with Crippen LogP contribution < -0.4 is 0 Å². The molecule has 0 radical (unpaired) electrons. The number of aliphatic carboxylic acids is 1. The highest BCUT2D eigenvalue weighted by Crippen LogP contribution is 2.22. The van der Waals surface area contributed by atoms with Crippen molar-refractivity contribution in [3.05, 3.63) is 12.3 Å². The van der Waals surface area contributed by atoms with Gasteiger partial charge in [0.25, 0.3) is 0 Å². The Hall–Kier alpha value is -1.11. The van der Waals surface area contributed by atoms with E-state index in [4.69, 9.17) is 20.4 Å². The maximum Gasteiger partial charge on any atom is 0.347 e. The van der Waals surface area contributed by atoms with Crippen LogP contribution in [0.3, 0.4) is 0 Å². The van der Waals surface area contributed by atoms with E-state index in [1.54, 1.807) is 0 Å². The summed E-state index contributed by atoms with van der Waals surface area (Å²) < 4.78 is 4.59. The molecule has 13 heavy (non-hydrogen) atoms. The minimum Gasteiger partial charge on any atom is -0.478 e. The van der Waals surface area contributed by atoms with E-state index < -0.39 is 30.4 Å². The van der Waals surface area contributed by atoms with Gasteiger partial charge in [-0.15, -0.1) is 0 Å². The Morgan fingerprint density at radius 1 is 1.31 bits per heavy atom. The van der Waals surface area contributed by atoms with Crippen LogP contribution in [0, 0.1) is 0 Å². The molecule has 1 aliphatic heterocycles. The number of carboxylic acids is 1. The summed E-state index contributed by atoms with van der Waals surface area (Å²) in [5, 5.41) is 35.9. The molecule has 0 aromatic carbocycles. The molecule has 1 heterocycles. The molecule has 0 bridgehead atoms. The topological polar surface area (TPSA) is 107 Å². The molecule has 1 rings (SSSR count). The third-order valence-corrected chi connectivity index (χ3v) is 1.84. The van der Waals surface area contributed by atoms with Crippen LogP contribution in [0.1, 0.15) is 0 Å². The second-order valence-corrected chi connectivity index (χ2v) is 2.77. The highest BCUT2D eigenvalue weighted by atomic mass is 16.5. The normalized spacial score (nSPS) is 39.8. The molecule has 1 saturated heterocycles. The number of aliphatic hydroxyl groups excluding tert-OH is 3. The first-order valence-electron chi connectivity index (χ1n) is 3.57. The van der Waals surface area contributed by atoms with E-state index in [9.17, 15) is 4.79 Å². The molecule has 4 unspecified atom stereocenters.